The molecule has 0 fully saturated rings. The van der Waals surface area contributed by atoms with E-state index in [1.165, 1.54) is 0 Å². The first-order valence-electron chi connectivity index (χ1n) is 5.01. The van der Waals surface area contributed by atoms with E-state index < -0.39 is 11.9 Å². The van der Waals surface area contributed by atoms with Gasteiger partial charge in [-0.15, -0.1) is 0 Å². The molecule has 0 atom stereocenters. The molecule has 5 nitrogen and oxygen atoms in total. The van der Waals surface area contributed by atoms with Gasteiger partial charge in [0.25, 0.3) is 0 Å². The molecule has 1 aromatic heterocycles. The van der Waals surface area contributed by atoms with Crippen LogP contribution < -0.4 is 5.32 Å². The quantitative estimate of drug-likeness (QED) is 0.599. The molecule has 0 aliphatic carbocycles. The summed E-state index contributed by atoms with van der Waals surface area (Å²) in [5.74, 6) is -1.61. The lowest BCUT2D eigenvalue weighted by Crippen LogP contribution is -2.32. The number of aromatic nitrogens is 1. The molecule has 0 unspecified atom stereocenters. The third kappa shape index (κ3) is 3.68. The molecular weight excluding hydrogens is 208 g/mol. The Labute approximate surface area is 93.8 Å². The van der Waals surface area contributed by atoms with Crippen LogP contribution in [-0.2, 0) is 20.9 Å². The van der Waals surface area contributed by atoms with Crippen LogP contribution in [0.1, 0.15) is 18.3 Å². The number of rotatable bonds is 3. The Bertz CT molecular complexity index is 391. The molecule has 0 saturated carbocycles. The fraction of sp³-hybridized carbons (Fsp3) is 0.364. The van der Waals surface area contributed by atoms with Crippen molar-refractivity contribution >= 4 is 11.9 Å². The number of carbonyl (C=O) groups is 2. The van der Waals surface area contributed by atoms with Crippen molar-refractivity contribution in [3.05, 3.63) is 29.6 Å². The third-order valence-corrected chi connectivity index (χ3v) is 1.84. The SMILES string of the molecule is CCOC(=O)C(=O)NCc1cccc(C)n1. The molecule has 0 spiro atoms. The Balaban J connectivity index is 2.46. The third-order valence-electron chi connectivity index (χ3n) is 1.84. The van der Waals surface area contributed by atoms with Gasteiger partial charge in [-0.2, -0.15) is 0 Å². The van der Waals surface area contributed by atoms with Crippen molar-refractivity contribution in [3.63, 3.8) is 0 Å². The van der Waals surface area contributed by atoms with E-state index in [1.54, 1.807) is 13.0 Å². The second kappa shape index (κ2) is 5.85. The fourth-order valence-electron chi connectivity index (χ4n) is 1.14. The lowest BCUT2D eigenvalue weighted by molar-refractivity contribution is -0.154. The number of hydrogen-bond donors (Lipinski definition) is 1. The maximum absolute atomic E-state index is 11.2. The lowest BCUT2D eigenvalue weighted by Gasteiger charge is -2.04. The Morgan fingerprint density at radius 1 is 1.44 bits per heavy atom. The predicted molar refractivity (Wildman–Crippen MR) is 57.5 cm³/mol. The molecule has 0 radical (unpaired) electrons. The van der Waals surface area contributed by atoms with E-state index in [-0.39, 0.29) is 13.2 Å². The highest BCUT2D eigenvalue weighted by Crippen LogP contribution is 1.97. The maximum atomic E-state index is 11.2. The first-order valence-corrected chi connectivity index (χ1v) is 5.01. The number of nitrogens with one attached hydrogen (secondary N) is 1. The highest BCUT2D eigenvalue weighted by molar-refractivity contribution is 6.32. The second-order valence-electron chi connectivity index (χ2n) is 3.17. The Morgan fingerprint density at radius 2 is 2.19 bits per heavy atom. The van der Waals surface area contributed by atoms with E-state index in [0.717, 1.165) is 5.69 Å². The summed E-state index contributed by atoms with van der Waals surface area (Å²) >= 11 is 0. The van der Waals surface area contributed by atoms with Gasteiger partial charge in [0.05, 0.1) is 18.8 Å². The van der Waals surface area contributed by atoms with Gasteiger partial charge in [0.15, 0.2) is 0 Å². The molecular formula is C11H14N2O3. The number of aryl methyl sites for hydroxylation is 1. The van der Waals surface area contributed by atoms with Crippen molar-refractivity contribution in [2.24, 2.45) is 0 Å². The number of ether oxygens (including phenoxy) is 1. The molecule has 0 aliphatic heterocycles. The molecule has 0 aromatic carbocycles. The molecule has 86 valence electrons. The van der Waals surface area contributed by atoms with Crippen molar-refractivity contribution in [2.45, 2.75) is 20.4 Å². The van der Waals surface area contributed by atoms with E-state index in [1.807, 2.05) is 19.1 Å². The summed E-state index contributed by atoms with van der Waals surface area (Å²) in [5.41, 5.74) is 1.57. The second-order valence-corrected chi connectivity index (χ2v) is 3.17. The predicted octanol–water partition coefficient (Wildman–Crippen LogP) is 0.569. The van der Waals surface area contributed by atoms with Crippen molar-refractivity contribution in [3.8, 4) is 0 Å². The highest BCUT2D eigenvalue weighted by atomic mass is 16.5. The van der Waals surface area contributed by atoms with Crippen LogP contribution >= 0.6 is 0 Å². The number of nitrogens with zero attached hydrogens (tertiary/aromatic N) is 1. The van der Waals surface area contributed by atoms with Crippen molar-refractivity contribution in [2.75, 3.05) is 6.61 Å². The van der Waals surface area contributed by atoms with Crippen LogP contribution in [0, 0.1) is 6.92 Å². The van der Waals surface area contributed by atoms with Crippen molar-refractivity contribution in [1.82, 2.24) is 10.3 Å². The van der Waals surface area contributed by atoms with Gasteiger partial charge >= 0.3 is 11.9 Å². The van der Waals surface area contributed by atoms with Gasteiger partial charge in [-0.25, -0.2) is 4.79 Å². The van der Waals surface area contributed by atoms with E-state index in [0.29, 0.717) is 5.69 Å². The average Bonchev–Trinajstić information content (AvgIpc) is 2.26. The van der Waals surface area contributed by atoms with Gasteiger partial charge in [-0.05, 0) is 26.0 Å². The number of carbonyl (C=O) groups excluding carboxylic acids is 2. The summed E-state index contributed by atoms with van der Waals surface area (Å²) in [6.45, 7) is 3.91. The maximum Gasteiger partial charge on any atom is 0.396 e. The van der Waals surface area contributed by atoms with Crippen LogP contribution in [0.15, 0.2) is 18.2 Å². The molecule has 1 amide bonds. The molecule has 5 heteroatoms. The van der Waals surface area contributed by atoms with Crippen LogP contribution in [0.4, 0.5) is 0 Å². The van der Waals surface area contributed by atoms with Crippen LogP contribution in [0.25, 0.3) is 0 Å². The Kier molecular flexibility index (Phi) is 4.44. The molecule has 16 heavy (non-hydrogen) atoms. The summed E-state index contributed by atoms with van der Waals surface area (Å²) in [6, 6.07) is 5.48. The Hall–Kier alpha value is -1.91. The van der Waals surface area contributed by atoms with E-state index >= 15 is 0 Å². The summed E-state index contributed by atoms with van der Waals surface area (Å²) < 4.78 is 4.54. The van der Waals surface area contributed by atoms with Gasteiger partial charge in [0, 0.05) is 5.69 Å². The zero-order valence-electron chi connectivity index (χ0n) is 9.32. The van der Waals surface area contributed by atoms with Gasteiger partial charge < -0.3 is 10.1 Å². The summed E-state index contributed by atoms with van der Waals surface area (Å²) in [5, 5.41) is 2.43. The summed E-state index contributed by atoms with van der Waals surface area (Å²) in [6.07, 6.45) is 0. The van der Waals surface area contributed by atoms with Gasteiger partial charge in [0.2, 0.25) is 0 Å². The van der Waals surface area contributed by atoms with E-state index in [2.05, 4.69) is 15.0 Å². The molecule has 1 aromatic rings. The average molecular weight is 222 g/mol. The van der Waals surface area contributed by atoms with E-state index in [9.17, 15) is 9.59 Å². The monoisotopic (exact) mass is 222 g/mol. The minimum atomic E-state index is -0.866. The van der Waals surface area contributed by atoms with Crippen LogP contribution in [-0.4, -0.2) is 23.5 Å². The Morgan fingerprint density at radius 3 is 2.81 bits per heavy atom. The molecule has 1 N–H and O–H groups in total. The smallest absolute Gasteiger partial charge is 0.396 e. The van der Waals surface area contributed by atoms with E-state index in [4.69, 9.17) is 0 Å². The number of pyridine rings is 1. The molecule has 0 bridgehead atoms. The van der Waals surface area contributed by atoms with Gasteiger partial charge in [-0.1, -0.05) is 6.07 Å². The normalized spacial score (nSPS) is 9.62. The first kappa shape index (κ1) is 12.2. The topological polar surface area (TPSA) is 68.3 Å². The minimum Gasteiger partial charge on any atom is -0.459 e. The summed E-state index contributed by atoms with van der Waals surface area (Å²) in [4.78, 5) is 26.3. The molecule has 0 aliphatic rings. The van der Waals surface area contributed by atoms with Crippen molar-refractivity contribution < 1.29 is 14.3 Å². The molecule has 1 rings (SSSR count). The minimum absolute atomic E-state index is 0.189. The van der Waals surface area contributed by atoms with Crippen molar-refractivity contribution in [1.29, 1.82) is 0 Å². The fourth-order valence-corrected chi connectivity index (χ4v) is 1.14. The van der Waals surface area contributed by atoms with Crippen LogP contribution in [0.5, 0.6) is 0 Å². The standard InChI is InChI=1S/C11H14N2O3/c1-3-16-11(15)10(14)12-7-9-6-4-5-8(2)13-9/h4-6H,3,7H2,1-2H3,(H,12,14). The van der Waals surface area contributed by atoms with Crippen LogP contribution in [0.2, 0.25) is 0 Å². The number of amides is 1. The molecule has 1 heterocycles. The number of hydrogen-bond acceptors (Lipinski definition) is 4. The zero-order valence-corrected chi connectivity index (χ0v) is 9.32. The summed E-state index contributed by atoms with van der Waals surface area (Å²) in [7, 11) is 0. The largest absolute Gasteiger partial charge is 0.459 e. The van der Waals surface area contributed by atoms with Gasteiger partial charge in [-0.3, -0.25) is 9.78 Å². The van der Waals surface area contributed by atoms with Crippen LogP contribution in [0.3, 0.4) is 0 Å². The molecule has 0 saturated heterocycles. The lowest BCUT2D eigenvalue weighted by atomic mass is 10.3. The zero-order chi connectivity index (χ0) is 12.0. The first-order chi connectivity index (χ1) is 7.63. The number of esters is 1. The van der Waals surface area contributed by atoms with Gasteiger partial charge in [0.1, 0.15) is 0 Å². The highest BCUT2D eigenvalue weighted by Gasteiger charge is 2.13.